The predicted octanol–water partition coefficient (Wildman–Crippen LogP) is 4.11. The molecule has 1 amide bonds. The average molecular weight is 344 g/mol. The van der Waals surface area contributed by atoms with Crippen LogP contribution in [-0.4, -0.2) is 35.1 Å². The summed E-state index contributed by atoms with van der Waals surface area (Å²) in [5.41, 5.74) is 3.25. The van der Waals surface area contributed by atoms with Gasteiger partial charge < -0.3 is 10.4 Å². The van der Waals surface area contributed by atoms with Gasteiger partial charge in [0.15, 0.2) is 0 Å². The number of piperidine rings is 1. The van der Waals surface area contributed by atoms with Crippen LogP contribution in [0, 0.1) is 0 Å². The van der Waals surface area contributed by atoms with Gasteiger partial charge in [-0.15, -0.1) is 0 Å². The molecular formula is C21H32N2O2. The second kappa shape index (κ2) is 10.4. The standard InChI is InChI=1S/C21H32N2O2/c1-3-7-17(8-4-2)15-21(25)22-20-10-6-5-9-18(20)16-23-13-11-19(24)12-14-23/h5-6,9-10,15,19,24H,3-4,7-8,11-14,16H2,1-2H3,(H,22,25). The largest absolute Gasteiger partial charge is 0.393 e. The minimum Gasteiger partial charge on any atom is -0.393 e. The summed E-state index contributed by atoms with van der Waals surface area (Å²) in [5.74, 6) is -0.0292. The molecule has 138 valence electrons. The van der Waals surface area contributed by atoms with Crippen molar-refractivity contribution in [3.63, 3.8) is 0 Å². The van der Waals surface area contributed by atoms with E-state index in [1.54, 1.807) is 6.08 Å². The highest BCUT2D eigenvalue weighted by atomic mass is 16.3. The van der Waals surface area contributed by atoms with E-state index in [2.05, 4.69) is 30.1 Å². The van der Waals surface area contributed by atoms with Crippen LogP contribution in [0.5, 0.6) is 0 Å². The molecule has 0 aliphatic carbocycles. The summed E-state index contributed by atoms with van der Waals surface area (Å²) in [6, 6.07) is 8.02. The van der Waals surface area contributed by atoms with E-state index in [4.69, 9.17) is 0 Å². The number of carbonyl (C=O) groups is 1. The number of rotatable bonds is 8. The zero-order valence-electron chi connectivity index (χ0n) is 15.6. The fourth-order valence-electron chi connectivity index (χ4n) is 3.36. The summed E-state index contributed by atoms with van der Waals surface area (Å²) < 4.78 is 0. The Bertz CT molecular complexity index is 567. The monoisotopic (exact) mass is 344 g/mol. The van der Waals surface area contributed by atoms with Crippen molar-refractivity contribution < 1.29 is 9.90 Å². The minimum absolute atomic E-state index is 0.0292. The number of aliphatic hydroxyl groups is 1. The van der Waals surface area contributed by atoms with Gasteiger partial charge >= 0.3 is 0 Å². The molecule has 0 atom stereocenters. The number of para-hydroxylation sites is 1. The van der Waals surface area contributed by atoms with Crippen molar-refractivity contribution in [2.45, 2.75) is 65.0 Å². The van der Waals surface area contributed by atoms with Crippen molar-refractivity contribution >= 4 is 11.6 Å². The third-order valence-electron chi connectivity index (χ3n) is 4.70. The van der Waals surface area contributed by atoms with Crippen molar-refractivity contribution in [3.05, 3.63) is 41.5 Å². The first-order valence-electron chi connectivity index (χ1n) is 9.61. The summed E-state index contributed by atoms with van der Waals surface area (Å²) in [5, 5.41) is 12.7. The van der Waals surface area contributed by atoms with Crippen LogP contribution in [0.4, 0.5) is 5.69 Å². The molecule has 0 saturated carbocycles. The fraction of sp³-hybridized carbons (Fsp3) is 0.571. The van der Waals surface area contributed by atoms with Gasteiger partial charge in [-0.25, -0.2) is 0 Å². The molecule has 0 aromatic heterocycles. The van der Waals surface area contributed by atoms with Gasteiger partial charge in [0.1, 0.15) is 0 Å². The van der Waals surface area contributed by atoms with Crippen LogP contribution < -0.4 is 5.32 Å². The highest BCUT2D eigenvalue weighted by Gasteiger charge is 2.18. The lowest BCUT2D eigenvalue weighted by Crippen LogP contribution is -2.35. The lowest BCUT2D eigenvalue weighted by atomic mass is 10.0. The number of nitrogens with one attached hydrogen (secondary N) is 1. The highest BCUT2D eigenvalue weighted by molar-refractivity contribution is 6.00. The number of likely N-dealkylation sites (tertiary alicyclic amines) is 1. The van der Waals surface area contributed by atoms with Crippen molar-refractivity contribution in [1.29, 1.82) is 0 Å². The SMILES string of the molecule is CCCC(=CC(=O)Nc1ccccc1CN1CCC(O)CC1)CCC. The smallest absolute Gasteiger partial charge is 0.248 e. The number of nitrogens with zero attached hydrogens (tertiary/aromatic N) is 1. The molecule has 0 spiro atoms. The van der Waals surface area contributed by atoms with Gasteiger partial charge in [-0.05, 0) is 37.3 Å². The minimum atomic E-state index is -0.160. The molecular weight excluding hydrogens is 312 g/mol. The molecule has 0 unspecified atom stereocenters. The van der Waals surface area contributed by atoms with Crippen molar-refractivity contribution in [2.75, 3.05) is 18.4 Å². The van der Waals surface area contributed by atoms with Crippen LogP contribution in [0.1, 0.15) is 57.9 Å². The number of carbonyl (C=O) groups excluding carboxylic acids is 1. The van der Waals surface area contributed by atoms with Crippen LogP contribution in [0.2, 0.25) is 0 Å². The maximum atomic E-state index is 12.4. The number of anilines is 1. The molecule has 2 rings (SSSR count). The Hall–Kier alpha value is -1.65. The fourth-order valence-corrected chi connectivity index (χ4v) is 3.36. The number of aliphatic hydroxyl groups excluding tert-OH is 1. The summed E-state index contributed by atoms with van der Waals surface area (Å²) in [4.78, 5) is 14.8. The van der Waals surface area contributed by atoms with E-state index in [9.17, 15) is 9.90 Å². The molecule has 4 nitrogen and oxygen atoms in total. The molecule has 0 radical (unpaired) electrons. The number of allylic oxidation sites excluding steroid dienone is 1. The summed E-state index contributed by atoms with van der Waals surface area (Å²) in [7, 11) is 0. The Balaban J connectivity index is 2.01. The highest BCUT2D eigenvalue weighted by Crippen LogP contribution is 2.20. The van der Waals surface area contributed by atoms with Crippen LogP contribution in [0.3, 0.4) is 0 Å². The molecule has 25 heavy (non-hydrogen) atoms. The van der Waals surface area contributed by atoms with Crippen molar-refractivity contribution in [1.82, 2.24) is 4.90 Å². The normalized spacial score (nSPS) is 15.8. The van der Waals surface area contributed by atoms with E-state index >= 15 is 0 Å². The Morgan fingerprint density at radius 1 is 1.20 bits per heavy atom. The van der Waals surface area contributed by atoms with Crippen LogP contribution >= 0.6 is 0 Å². The quantitative estimate of drug-likeness (QED) is 0.698. The Labute approximate surface area is 151 Å². The molecule has 1 aliphatic heterocycles. The summed E-state index contributed by atoms with van der Waals surface area (Å²) in [6.07, 6.45) is 7.38. The van der Waals surface area contributed by atoms with Crippen LogP contribution in [0.15, 0.2) is 35.9 Å². The lowest BCUT2D eigenvalue weighted by Gasteiger charge is -2.30. The molecule has 1 saturated heterocycles. The van der Waals surface area contributed by atoms with E-state index in [0.29, 0.717) is 0 Å². The third-order valence-corrected chi connectivity index (χ3v) is 4.70. The first-order chi connectivity index (χ1) is 12.1. The van der Waals surface area contributed by atoms with Crippen molar-refractivity contribution in [2.24, 2.45) is 0 Å². The van der Waals surface area contributed by atoms with Crippen LogP contribution in [0.25, 0.3) is 0 Å². The van der Waals surface area contributed by atoms with Crippen LogP contribution in [-0.2, 0) is 11.3 Å². The zero-order chi connectivity index (χ0) is 18.1. The molecule has 1 aromatic rings. The van der Waals surface area contributed by atoms with Gasteiger partial charge in [0, 0.05) is 31.4 Å². The maximum absolute atomic E-state index is 12.4. The number of hydrogen-bond acceptors (Lipinski definition) is 3. The van der Waals surface area contributed by atoms with Gasteiger partial charge in [-0.3, -0.25) is 9.69 Å². The number of hydrogen-bond donors (Lipinski definition) is 2. The van der Waals surface area contributed by atoms with E-state index in [1.807, 2.05) is 18.2 Å². The van der Waals surface area contributed by atoms with E-state index in [1.165, 1.54) is 5.57 Å². The Morgan fingerprint density at radius 3 is 2.48 bits per heavy atom. The van der Waals surface area contributed by atoms with Gasteiger partial charge in [-0.2, -0.15) is 0 Å². The second-order valence-electron chi connectivity index (χ2n) is 6.96. The Kier molecular flexibility index (Phi) is 8.16. The first kappa shape index (κ1) is 19.7. The molecule has 2 N–H and O–H groups in total. The van der Waals surface area contributed by atoms with Gasteiger partial charge in [0.25, 0.3) is 0 Å². The zero-order valence-corrected chi connectivity index (χ0v) is 15.6. The molecule has 1 aliphatic rings. The molecule has 1 aromatic carbocycles. The third kappa shape index (κ3) is 6.63. The van der Waals surface area contributed by atoms with Gasteiger partial charge in [-0.1, -0.05) is 50.5 Å². The van der Waals surface area contributed by atoms with E-state index in [0.717, 1.165) is 69.4 Å². The molecule has 4 heteroatoms. The summed E-state index contributed by atoms with van der Waals surface area (Å²) in [6.45, 7) is 6.91. The second-order valence-corrected chi connectivity index (χ2v) is 6.96. The van der Waals surface area contributed by atoms with Gasteiger partial charge in [0.05, 0.1) is 6.10 Å². The predicted molar refractivity (Wildman–Crippen MR) is 103 cm³/mol. The number of amides is 1. The lowest BCUT2D eigenvalue weighted by molar-refractivity contribution is -0.112. The van der Waals surface area contributed by atoms with Gasteiger partial charge in [0.2, 0.25) is 5.91 Å². The Morgan fingerprint density at radius 2 is 1.84 bits per heavy atom. The average Bonchev–Trinajstić information content (AvgIpc) is 2.59. The molecule has 1 fully saturated rings. The maximum Gasteiger partial charge on any atom is 0.248 e. The topological polar surface area (TPSA) is 52.6 Å². The number of benzene rings is 1. The summed E-state index contributed by atoms with van der Waals surface area (Å²) >= 11 is 0. The first-order valence-corrected chi connectivity index (χ1v) is 9.61. The van der Waals surface area contributed by atoms with E-state index < -0.39 is 0 Å². The van der Waals surface area contributed by atoms with E-state index in [-0.39, 0.29) is 12.0 Å². The molecule has 1 heterocycles. The molecule has 0 bridgehead atoms. The van der Waals surface area contributed by atoms with Crippen molar-refractivity contribution in [3.8, 4) is 0 Å².